The van der Waals surface area contributed by atoms with Crippen molar-refractivity contribution in [3.8, 4) is 5.75 Å². The molecule has 1 atom stereocenters. The molecule has 1 unspecified atom stereocenters. The smallest absolute Gasteiger partial charge is 0.285 e. The van der Waals surface area contributed by atoms with Crippen LogP contribution in [0, 0.1) is 23.4 Å². The van der Waals surface area contributed by atoms with Crippen LogP contribution in [0.4, 0.5) is 18.9 Å². The highest BCUT2D eigenvalue weighted by atomic mass is 19.2. The second kappa shape index (κ2) is 7.71. The first kappa shape index (κ1) is 19.4. The molecule has 2 aromatic carbocycles. The van der Waals surface area contributed by atoms with Gasteiger partial charge in [0.25, 0.3) is 5.91 Å². The number of hydrogen-bond donors (Lipinski definition) is 1. The fourth-order valence-electron chi connectivity index (χ4n) is 2.89. The number of hydrogen-bond acceptors (Lipinski definition) is 4. The number of nitrogens with zero attached hydrogens (tertiary/aromatic N) is 1. The Hall–Kier alpha value is -3.36. The van der Waals surface area contributed by atoms with Crippen LogP contribution in [0.5, 0.6) is 5.75 Å². The van der Waals surface area contributed by atoms with Crippen LogP contribution < -0.4 is 15.4 Å². The number of halogens is 3. The molecule has 1 aliphatic heterocycles. The molecule has 2 N–H and O–H groups in total. The third kappa shape index (κ3) is 3.83. The summed E-state index contributed by atoms with van der Waals surface area (Å²) in [6.07, 6.45) is -0.102. The number of carbonyl (C=O) groups excluding carboxylic acids is 3. The Bertz CT molecular complexity index is 947. The van der Waals surface area contributed by atoms with Gasteiger partial charge >= 0.3 is 0 Å². The first-order valence-corrected chi connectivity index (χ1v) is 8.27. The third-order valence-electron chi connectivity index (χ3n) is 4.40. The largest absolute Gasteiger partial charge is 0.489 e. The van der Waals surface area contributed by atoms with E-state index < -0.39 is 35.1 Å². The lowest BCUT2D eigenvalue weighted by Crippen LogP contribution is -2.32. The summed E-state index contributed by atoms with van der Waals surface area (Å²) < 4.78 is 45.1. The molecule has 0 spiro atoms. The highest BCUT2D eigenvalue weighted by Crippen LogP contribution is 2.27. The normalized spacial score (nSPS) is 16.3. The van der Waals surface area contributed by atoms with E-state index in [1.807, 2.05) is 0 Å². The van der Waals surface area contributed by atoms with Crippen LogP contribution in [0.25, 0.3) is 0 Å². The molecule has 2 amide bonds. The van der Waals surface area contributed by atoms with Crippen LogP contribution in [-0.2, 0) is 21.0 Å². The number of benzene rings is 2. The summed E-state index contributed by atoms with van der Waals surface area (Å²) in [5.41, 5.74) is 5.30. The summed E-state index contributed by atoms with van der Waals surface area (Å²) in [7, 11) is 0. The molecule has 9 heteroatoms. The van der Waals surface area contributed by atoms with Gasteiger partial charge in [-0.3, -0.25) is 14.4 Å². The molecule has 3 rings (SSSR count). The van der Waals surface area contributed by atoms with Crippen LogP contribution in [0.2, 0.25) is 0 Å². The minimum atomic E-state index is -1.57. The first-order valence-electron chi connectivity index (χ1n) is 8.27. The van der Waals surface area contributed by atoms with E-state index in [2.05, 4.69) is 0 Å². The minimum absolute atomic E-state index is 0.0425. The van der Waals surface area contributed by atoms with Crippen molar-refractivity contribution in [3.63, 3.8) is 0 Å². The molecular weight excluding hydrogens is 377 g/mol. The van der Waals surface area contributed by atoms with Gasteiger partial charge in [0.05, 0.1) is 5.92 Å². The zero-order valence-electron chi connectivity index (χ0n) is 14.5. The fourth-order valence-corrected chi connectivity index (χ4v) is 2.89. The molecule has 6 nitrogen and oxygen atoms in total. The third-order valence-corrected chi connectivity index (χ3v) is 4.40. The summed E-state index contributed by atoms with van der Waals surface area (Å²) in [5, 5.41) is 0. The predicted molar refractivity (Wildman–Crippen MR) is 91.8 cm³/mol. The molecule has 1 fully saturated rings. The Kier molecular flexibility index (Phi) is 5.34. The van der Waals surface area contributed by atoms with Gasteiger partial charge < -0.3 is 15.4 Å². The maximum atomic E-state index is 13.6. The van der Waals surface area contributed by atoms with Crippen LogP contribution >= 0.6 is 0 Å². The zero-order chi connectivity index (χ0) is 20.4. The standard InChI is InChI=1S/C19H15F3N2O4/c20-14-6-1-10(16(21)17(14)22)9-28-13-4-2-12(3-5-13)24-8-11(7-15(24)25)18(26)19(23)27/h1-6,11H,7-9H2,(H2,23,27). The summed E-state index contributed by atoms with van der Waals surface area (Å²) in [6, 6.07) is 8.00. The number of Topliss-reactive ketones (excluding diaryl/α,β-unsaturated/α-hetero) is 1. The molecule has 0 aromatic heterocycles. The monoisotopic (exact) mass is 392 g/mol. The van der Waals surface area contributed by atoms with Gasteiger partial charge in [-0.1, -0.05) is 0 Å². The van der Waals surface area contributed by atoms with E-state index in [1.165, 1.54) is 17.0 Å². The fraction of sp³-hybridized carbons (Fsp3) is 0.211. The predicted octanol–water partition coefficient (Wildman–Crippen LogP) is 2.09. The van der Waals surface area contributed by atoms with E-state index in [-0.39, 0.29) is 31.0 Å². The average Bonchev–Trinajstić information content (AvgIpc) is 3.07. The van der Waals surface area contributed by atoms with E-state index >= 15 is 0 Å². The Balaban J connectivity index is 1.66. The zero-order valence-corrected chi connectivity index (χ0v) is 14.5. The number of ether oxygens (including phenoxy) is 1. The van der Waals surface area contributed by atoms with Gasteiger partial charge in [-0.05, 0) is 36.4 Å². The molecular formula is C19H15F3N2O4. The summed E-state index contributed by atoms with van der Waals surface area (Å²) in [6.45, 7) is -0.277. The van der Waals surface area contributed by atoms with Gasteiger partial charge in [0, 0.05) is 24.2 Å². The lowest BCUT2D eigenvalue weighted by atomic mass is 10.0. The van der Waals surface area contributed by atoms with E-state index in [0.29, 0.717) is 11.4 Å². The number of rotatable bonds is 6. The van der Waals surface area contributed by atoms with Crippen LogP contribution in [0.15, 0.2) is 36.4 Å². The SMILES string of the molecule is NC(=O)C(=O)C1CC(=O)N(c2ccc(OCc3ccc(F)c(F)c3F)cc2)C1. The number of ketones is 1. The number of primary amides is 1. The lowest BCUT2D eigenvalue weighted by Gasteiger charge is -2.17. The molecule has 0 saturated carbocycles. The quantitative estimate of drug-likeness (QED) is 0.602. The molecule has 0 aliphatic carbocycles. The van der Waals surface area contributed by atoms with Gasteiger partial charge in [-0.15, -0.1) is 0 Å². The number of carbonyl (C=O) groups is 3. The molecule has 146 valence electrons. The first-order chi connectivity index (χ1) is 13.3. The molecule has 0 radical (unpaired) electrons. The van der Waals surface area contributed by atoms with Crippen molar-refractivity contribution >= 4 is 23.3 Å². The minimum Gasteiger partial charge on any atom is -0.489 e. The average molecular weight is 392 g/mol. The number of anilines is 1. The van der Waals surface area contributed by atoms with E-state index in [9.17, 15) is 27.6 Å². The molecule has 1 aliphatic rings. The lowest BCUT2D eigenvalue weighted by molar-refractivity contribution is -0.138. The summed E-state index contributed by atoms with van der Waals surface area (Å²) in [4.78, 5) is 36.1. The van der Waals surface area contributed by atoms with Crippen molar-refractivity contribution in [1.29, 1.82) is 0 Å². The highest BCUT2D eigenvalue weighted by Gasteiger charge is 2.36. The van der Waals surface area contributed by atoms with Crippen LogP contribution in [0.3, 0.4) is 0 Å². The topological polar surface area (TPSA) is 89.7 Å². The summed E-state index contributed by atoms with van der Waals surface area (Å²) in [5.74, 6) is -6.82. The molecule has 28 heavy (non-hydrogen) atoms. The van der Waals surface area contributed by atoms with Gasteiger partial charge in [-0.2, -0.15) is 0 Å². The molecule has 2 aromatic rings. The van der Waals surface area contributed by atoms with Crippen LogP contribution in [0.1, 0.15) is 12.0 Å². The maximum absolute atomic E-state index is 13.6. The molecule has 0 bridgehead atoms. The highest BCUT2D eigenvalue weighted by molar-refractivity contribution is 6.37. The maximum Gasteiger partial charge on any atom is 0.285 e. The Labute approximate surface area is 157 Å². The van der Waals surface area contributed by atoms with E-state index in [4.69, 9.17) is 10.5 Å². The van der Waals surface area contributed by atoms with Crippen LogP contribution in [-0.4, -0.2) is 24.1 Å². The number of nitrogens with two attached hydrogens (primary N) is 1. The van der Waals surface area contributed by atoms with Crippen molar-refractivity contribution < 1.29 is 32.3 Å². The van der Waals surface area contributed by atoms with E-state index in [0.717, 1.165) is 12.1 Å². The molecule has 1 heterocycles. The Morgan fingerprint density at radius 1 is 1.07 bits per heavy atom. The Morgan fingerprint density at radius 3 is 2.39 bits per heavy atom. The van der Waals surface area contributed by atoms with Gasteiger partial charge in [-0.25, -0.2) is 13.2 Å². The van der Waals surface area contributed by atoms with Gasteiger partial charge in [0.15, 0.2) is 17.5 Å². The van der Waals surface area contributed by atoms with Crippen molar-refractivity contribution in [1.82, 2.24) is 0 Å². The van der Waals surface area contributed by atoms with Crippen molar-refractivity contribution in [2.45, 2.75) is 13.0 Å². The van der Waals surface area contributed by atoms with Gasteiger partial charge in [0.2, 0.25) is 11.7 Å². The Morgan fingerprint density at radius 2 is 1.75 bits per heavy atom. The van der Waals surface area contributed by atoms with Crippen molar-refractivity contribution in [2.24, 2.45) is 11.7 Å². The number of amides is 2. The summed E-state index contributed by atoms with van der Waals surface area (Å²) >= 11 is 0. The second-order valence-corrected chi connectivity index (χ2v) is 6.25. The molecule has 1 saturated heterocycles. The van der Waals surface area contributed by atoms with Crippen molar-refractivity contribution in [2.75, 3.05) is 11.4 Å². The van der Waals surface area contributed by atoms with Gasteiger partial charge in [0.1, 0.15) is 12.4 Å². The van der Waals surface area contributed by atoms with Crippen molar-refractivity contribution in [3.05, 3.63) is 59.4 Å². The second-order valence-electron chi connectivity index (χ2n) is 6.25. The van der Waals surface area contributed by atoms with E-state index in [1.54, 1.807) is 12.1 Å².